The van der Waals surface area contributed by atoms with Crippen LogP contribution >= 0.6 is 0 Å². The van der Waals surface area contributed by atoms with Crippen LogP contribution in [0.25, 0.3) is 22.3 Å². The molecule has 3 aromatic carbocycles. The first-order valence-electron chi connectivity index (χ1n) is 7.09. The van der Waals surface area contributed by atoms with Gasteiger partial charge in [-0.2, -0.15) is 0 Å². The van der Waals surface area contributed by atoms with Crippen LogP contribution < -0.4 is 0 Å². The number of hydrogen-bond donors (Lipinski definition) is 0. The van der Waals surface area contributed by atoms with Crippen molar-refractivity contribution in [1.29, 1.82) is 0 Å². The van der Waals surface area contributed by atoms with Gasteiger partial charge in [0.25, 0.3) is 0 Å². The van der Waals surface area contributed by atoms with E-state index in [2.05, 4.69) is 73.7 Å². The zero-order chi connectivity index (χ0) is 13.5. The molecule has 3 aromatic rings. The molecule has 0 saturated heterocycles. The van der Waals surface area contributed by atoms with E-state index in [1.807, 2.05) is 0 Å². The van der Waals surface area contributed by atoms with Crippen LogP contribution in [0.5, 0.6) is 0 Å². The maximum Gasteiger partial charge on any atom is -0.00134 e. The van der Waals surface area contributed by atoms with Crippen LogP contribution in [-0.2, 0) is 6.42 Å². The summed E-state index contributed by atoms with van der Waals surface area (Å²) in [6.07, 6.45) is 1.07. The standard InChI is InChI=1S/C20H16/c1-14-6-8-15(9-7-14)16-10-11-18-12-17-4-2-3-5-19(17)20(18)13-16/h2-11,13H,12H2,1H3. The van der Waals surface area contributed by atoms with E-state index in [0.717, 1.165) is 6.42 Å². The second-order valence-corrected chi connectivity index (χ2v) is 5.57. The highest BCUT2D eigenvalue weighted by molar-refractivity contribution is 5.81. The number of fused-ring (bicyclic) bond motifs is 3. The van der Waals surface area contributed by atoms with E-state index in [0.29, 0.717) is 0 Å². The molecular formula is C20H16. The van der Waals surface area contributed by atoms with Crippen molar-refractivity contribution in [3.63, 3.8) is 0 Å². The Bertz CT molecular complexity index is 779. The maximum atomic E-state index is 2.34. The van der Waals surface area contributed by atoms with Crippen LogP contribution in [0.4, 0.5) is 0 Å². The molecule has 96 valence electrons. The van der Waals surface area contributed by atoms with Crippen LogP contribution in [0.3, 0.4) is 0 Å². The predicted molar refractivity (Wildman–Crippen MR) is 84.9 cm³/mol. The fraction of sp³-hybridized carbons (Fsp3) is 0.100. The molecule has 0 aromatic heterocycles. The van der Waals surface area contributed by atoms with Gasteiger partial charge in [-0.3, -0.25) is 0 Å². The van der Waals surface area contributed by atoms with Gasteiger partial charge in [-0.1, -0.05) is 66.2 Å². The minimum atomic E-state index is 1.07. The van der Waals surface area contributed by atoms with Crippen molar-refractivity contribution in [2.45, 2.75) is 13.3 Å². The molecule has 0 unspecified atom stereocenters. The van der Waals surface area contributed by atoms with Crippen molar-refractivity contribution < 1.29 is 0 Å². The minimum Gasteiger partial charge on any atom is -0.0619 e. The molecule has 0 spiro atoms. The van der Waals surface area contributed by atoms with Crippen molar-refractivity contribution in [2.24, 2.45) is 0 Å². The highest BCUT2D eigenvalue weighted by atomic mass is 14.2. The van der Waals surface area contributed by atoms with Gasteiger partial charge in [-0.05, 0) is 52.8 Å². The second kappa shape index (κ2) is 4.35. The molecule has 1 aliphatic rings. The summed E-state index contributed by atoms with van der Waals surface area (Å²) in [7, 11) is 0. The zero-order valence-corrected chi connectivity index (χ0v) is 11.6. The molecule has 0 saturated carbocycles. The van der Waals surface area contributed by atoms with Crippen molar-refractivity contribution in [3.05, 3.63) is 83.4 Å². The fourth-order valence-electron chi connectivity index (χ4n) is 3.05. The molecule has 0 amide bonds. The number of hydrogen-bond acceptors (Lipinski definition) is 0. The topological polar surface area (TPSA) is 0 Å². The number of rotatable bonds is 1. The Hall–Kier alpha value is -2.34. The quantitative estimate of drug-likeness (QED) is 0.437. The van der Waals surface area contributed by atoms with Crippen LogP contribution in [0.2, 0.25) is 0 Å². The lowest BCUT2D eigenvalue weighted by Crippen LogP contribution is -1.83. The van der Waals surface area contributed by atoms with Crippen LogP contribution in [0.1, 0.15) is 16.7 Å². The lowest BCUT2D eigenvalue weighted by molar-refractivity contribution is 1.26. The van der Waals surface area contributed by atoms with E-state index in [9.17, 15) is 0 Å². The molecular weight excluding hydrogens is 240 g/mol. The normalized spacial score (nSPS) is 12.1. The third-order valence-corrected chi connectivity index (χ3v) is 4.18. The average Bonchev–Trinajstić information content (AvgIpc) is 2.86. The third-order valence-electron chi connectivity index (χ3n) is 4.18. The molecule has 4 rings (SSSR count). The van der Waals surface area contributed by atoms with Gasteiger partial charge in [0.2, 0.25) is 0 Å². The SMILES string of the molecule is Cc1ccc(-c2ccc3c(c2)-c2ccccc2C3)cc1. The minimum absolute atomic E-state index is 1.07. The average molecular weight is 256 g/mol. The Morgan fingerprint density at radius 2 is 1.35 bits per heavy atom. The first-order valence-corrected chi connectivity index (χ1v) is 7.09. The lowest BCUT2D eigenvalue weighted by atomic mass is 9.98. The lowest BCUT2D eigenvalue weighted by Gasteiger charge is -2.06. The summed E-state index contributed by atoms with van der Waals surface area (Å²) < 4.78 is 0. The number of aryl methyl sites for hydroxylation is 1. The molecule has 20 heavy (non-hydrogen) atoms. The zero-order valence-electron chi connectivity index (χ0n) is 11.6. The van der Waals surface area contributed by atoms with Crippen molar-refractivity contribution in [3.8, 4) is 22.3 Å². The van der Waals surface area contributed by atoms with E-state index in [1.54, 1.807) is 0 Å². The Kier molecular flexibility index (Phi) is 2.50. The van der Waals surface area contributed by atoms with Gasteiger partial charge in [-0.15, -0.1) is 0 Å². The number of benzene rings is 3. The molecule has 0 heteroatoms. The van der Waals surface area contributed by atoms with E-state index >= 15 is 0 Å². The largest absolute Gasteiger partial charge is 0.0619 e. The van der Waals surface area contributed by atoms with Gasteiger partial charge >= 0.3 is 0 Å². The van der Waals surface area contributed by atoms with Gasteiger partial charge in [0, 0.05) is 0 Å². The summed E-state index contributed by atoms with van der Waals surface area (Å²) >= 11 is 0. The Morgan fingerprint density at radius 3 is 2.20 bits per heavy atom. The summed E-state index contributed by atoms with van der Waals surface area (Å²) in [5.41, 5.74) is 9.60. The van der Waals surface area contributed by atoms with Crippen LogP contribution in [-0.4, -0.2) is 0 Å². The molecule has 0 N–H and O–H groups in total. The van der Waals surface area contributed by atoms with Crippen molar-refractivity contribution in [1.82, 2.24) is 0 Å². The Balaban J connectivity index is 1.85. The highest BCUT2D eigenvalue weighted by Crippen LogP contribution is 2.38. The van der Waals surface area contributed by atoms with Crippen LogP contribution in [0, 0.1) is 6.92 Å². The molecule has 0 heterocycles. The van der Waals surface area contributed by atoms with E-state index in [-0.39, 0.29) is 0 Å². The van der Waals surface area contributed by atoms with Gasteiger partial charge in [-0.25, -0.2) is 0 Å². The molecule has 0 atom stereocenters. The second-order valence-electron chi connectivity index (χ2n) is 5.57. The first-order chi connectivity index (χ1) is 9.81. The van der Waals surface area contributed by atoms with E-state index in [1.165, 1.54) is 38.9 Å². The third kappa shape index (κ3) is 1.77. The van der Waals surface area contributed by atoms with Gasteiger partial charge < -0.3 is 0 Å². The molecule has 1 aliphatic carbocycles. The summed E-state index contributed by atoms with van der Waals surface area (Å²) in [4.78, 5) is 0. The fourth-order valence-corrected chi connectivity index (χ4v) is 3.05. The highest BCUT2D eigenvalue weighted by Gasteiger charge is 2.17. The first kappa shape index (κ1) is 11.5. The van der Waals surface area contributed by atoms with Crippen molar-refractivity contribution in [2.75, 3.05) is 0 Å². The van der Waals surface area contributed by atoms with Gasteiger partial charge in [0.15, 0.2) is 0 Å². The maximum absolute atomic E-state index is 2.34. The molecule has 0 radical (unpaired) electrons. The summed E-state index contributed by atoms with van der Waals surface area (Å²) in [5, 5.41) is 0. The Morgan fingerprint density at radius 1 is 0.650 bits per heavy atom. The monoisotopic (exact) mass is 256 g/mol. The predicted octanol–water partition coefficient (Wildman–Crippen LogP) is 5.23. The Labute approximate surface area is 119 Å². The summed E-state index contributed by atoms with van der Waals surface area (Å²) in [5.74, 6) is 0. The smallest absolute Gasteiger partial charge is 0.00134 e. The van der Waals surface area contributed by atoms with Gasteiger partial charge in [0.1, 0.15) is 0 Å². The van der Waals surface area contributed by atoms with E-state index in [4.69, 9.17) is 0 Å². The van der Waals surface area contributed by atoms with E-state index < -0.39 is 0 Å². The molecule has 0 nitrogen and oxygen atoms in total. The van der Waals surface area contributed by atoms with Crippen LogP contribution in [0.15, 0.2) is 66.7 Å². The molecule has 0 bridgehead atoms. The molecule has 0 fully saturated rings. The van der Waals surface area contributed by atoms with Crippen molar-refractivity contribution >= 4 is 0 Å². The summed E-state index contributed by atoms with van der Waals surface area (Å²) in [6, 6.07) is 24.4. The molecule has 0 aliphatic heterocycles. The van der Waals surface area contributed by atoms with Gasteiger partial charge in [0.05, 0.1) is 0 Å². The summed E-state index contributed by atoms with van der Waals surface area (Å²) in [6.45, 7) is 2.13.